The first-order chi connectivity index (χ1) is 10.0. The second kappa shape index (κ2) is 6.45. The summed E-state index contributed by atoms with van der Waals surface area (Å²) in [5, 5.41) is 11.1. The van der Waals surface area contributed by atoms with Crippen LogP contribution in [-0.4, -0.2) is 22.7 Å². The first-order valence-electron chi connectivity index (χ1n) is 6.01. The van der Waals surface area contributed by atoms with Crippen molar-refractivity contribution in [2.24, 2.45) is 4.99 Å². The Labute approximate surface area is 129 Å². The summed E-state index contributed by atoms with van der Waals surface area (Å²) in [7, 11) is 1.52. The number of rotatable bonds is 4. The normalized spacial score (nSPS) is 11.3. The molecule has 0 N–H and O–H groups in total. The molecule has 0 fully saturated rings. The number of nitro groups is 1. The maximum atomic E-state index is 11.1. The molecule has 1 aromatic carbocycles. The van der Waals surface area contributed by atoms with Crippen LogP contribution < -0.4 is 4.74 Å². The summed E-state index contributed by atoms with van der Waals surface area (Å²) >= 11 is 3.23. The fourth-order valence-corrected chi connectivity index (χ4v) is 2.14. The highest BCUT2D eigenvalue weighted by Gasteiger charge is 2.16. The second-order valence-corrected chi connectivity index (χ2v) is 5.09. The monoisotopic (exact) mass is 349 g/mol. The van der Waals surface area contributed by atoms with E-state index in [-0.39, 0.29) is 5.69 Å². The van der Waals surface area contributed by atoms with Crippen molar-refractivity contribution in [3.8, 4) is 5.88 Å². The van der Waals surface area contributed by atoms with Crippen LogP contribution in [0.4, 0.5) is 11.4 Å². The van der Waals surface area contributed by atoms with E-state index >= 15 is 0 Å². The Hall–Kier alpha value is -2.28. The summed E-state index contributed by atoms with van der Waals surface area (Å²) in [5.41, 5.74) is 1.64. The van der Waals surface area contributed by atoms with E-state index in [1.54, 1.807) is 37.4 Å². The molecular weight excluding hydrogens is 338 g/mol. The largest absolute Gasteiger partial charge is 0.481 e. The highest BCUT2D eigenvalue weighted by molar-refractivity contribution is 9.10. The number of methoxy groups -OCH3 is 1. The van der Waals surface area contributed by atoms with Gasteiger partial charge in [-0.05, 0) is 25.1 Å². The molecule has 0 saturated heterocycles. The van der Waals surface area contributed by atoms with Crippen LogP contribution in [0.5, 0.6) is 5.88 Å². The summed E-state index contributed by atoms with van der Waals surface area (Å²) in [6.45, 7) is 1.73. The van der Waals surface area contributed by atoms with E-state index < -0.39 is 4.92 Å². The Balaban J connectivity index is 2.45. The number of hydrogen-bond donors (Lipinski definition) is 0. The molecule has 0 bridgehead atoms. The Morgan fingerprint density at radius 2 is 2.14 bits per heavy atom. The van der Waals surface area contributed by atoms with E-state index in [1.807, 2.05) is 0 Å². The lowest BCUT2D eigenvalue weighted by molar-refractivity contribution is -0.385. The lowest BCUT2D eigenvalue weighted by Gasteiger charge is -2.04. The fraction of sp³-hybridized carbons (Fsp3) is 0.143. The van der Waals surface area contributed by atoms with Gasteiger partial charge in [-0.3, -0.25) is 15.1 Å². The lowest BCUT2D eigenvalue weighted by Crippen LogP contribution is -2.01. The van der Waals surface area contributed by atoms with Gasteiger partial charge in [-0.1, -0.05) is 15.9 Å². The van der Waals surface area contributed by atoms with Gasteiger partial charge in [0.2, 0.25) is 5.88 Å². The number of aliphatic imine (C=N–C) groups is 1. The molecule has 0 saturated carbocycles. The number of benzene rings is 1. The van der Waals surface area contributed by atoms with Gasteiger partial charge in [0.05, 0.1) is 29.0 Å². The fourth-order valence-electron chi connectivity index (χ4n) is 1.80. The van der Waals surface area contributed by atoms with Crippen LogP contribution in [0.3, 0.4) is 0 Å². The van der Waals surface area contributed by atoms with Crippen LogP contribution in [0.25, 0.3) is 0 Å². The van der Waals surface area contributed by atoms with E-state index in [0.29, 0.717) is 27.3 Å². The number of nitrogens with zero attached hydrogens (tertiary/aromatic N) is 3. The molecule has 108 valence electrons. The summed E-state index contributed by atoms with van der Waals surface area (Å²) in [6, 6.07) is 8.24. The van der Waals surface area contributed by atoms with E-state index in [4.69, 9.17) is 4.74 Å². The molecule has 0 spiro atoms. The molecule has 1 heterocycles. The quantitative estimate of drug-likeness (QED) is 0.476. The number of hydrogen-bond acceptors (Lipinski definition) is 5. The zero-order valence-electron chi connectivity index (χ0n) is 11.4. The molecule has 0 aliphatic carbocycles. The summed E-state index contributed by atoms with van der Waals surface area (Å²) in [6.07, 6.45) is 1.57. The van der Waals surface area contributed by atoms with Crippen molar-refractivity contribution >= 4 is 33.0 Å². The summed E-state index contributed by atoms with van der Waals surface area (Å²) in [4.78, 5) is 19.1. The first kappa shape index (κ1) is 15.1. The SMILES string of the molecule is COc1cc(N=C(C)c2ccc(Br)cc2[N+](=O)[O-])ccn1. The zero-order valence-corrected chi connectivity index (χ0v) is 13.0. The predicted molar refractivity (Wildman–Crippen MR) is 83.5 cm³/mol. The lowest BCUT2D eigenvalue weighted by atomic mass is 10.1. The van der Waals surface area contributed by atoms with Gasteiger partial charge in [0.1, 0.15) is 0 Å². The zero-order chi connectivity index (χ0) is 15.4. The van der Waals surface area contributed by atoms with Crippen LogP contribution >= 0.6 is 15.9 Å². The number of ether oxygens (including phenoxy) is 1. The molecule has 0 aliphatic heterocycles. The van der Waals surface area contributed by atoms with Crippen molar-refractivity contribution in [1.82, 2.24) is 4.98 Å². The van der Waals surface area contributed by atoms with Crippen LogP contribution in [0.2, 0.25) is 0 Å². The van der Waals surface area contributed by atoms with Gasteiger partial charge in [0.25, 0.3) is 5.69 Å². The maximum Gasteiger partial charge on any atom is 0.279 e. The molecule has 1 aromatic heterocycles. The molecule has 7 heteroatoms. The highest BCUT2D eigenvalue weighted by atomic mass is 79.9. The summed E-state index contributed by atoms with van der Waals surface area (Å²) in [5.74, 6) is 0.439. The molecule has 0 unspecified atom stereocenters. The Bertz CT molecular complexity index is 716. The molecular formula is C14H12BrN3O3. The van der Waals surface area contributed by atoms with E-state index in [1.165, 1.54) is 13.2 Å². The van der Waals surface area contributed by atoms with E-state index in [0.717, 1.165) is 0 Å². The van der Waals surface area contributed by atoms with Gasteiger partial charge in [0.15, 0.2) is 0 Å². The van der Waals surface area contributed by atoms with Crippen molar-refractivity contribution in [2.75, 3.05) is 7.11 Å². The van der Waals surface area contributed by atoms with Gasteiger partial charge in [-0.2, -0.15) is 0 Å². The minimum Gasteiger partial charge on any atom is -0.481 e. The van der Waals surface area contributed by atoms with Gasteiger partial charge in [0, 0.05) is 22.8 Å². The predicted octanol–water partition coefficient (Wildman–Crippen LogP) is 3.90. The standard InChI is InChI=1S/C14H12BrN3O3/c1-9(17-11-5-6-16-14(8-11)21-2)12-4-3-10(15)7-13(12)18(19)20/h3-8H,1-2H3. The van der Waals surface area contributed by atoms with Crippen molar-refractivity contribution in [3.05, 3.63) is 56.7 Å². The molecule has 0 aliphatic rings. The van der Waals surface area contributed by atoms with Gasteiger partial charge >= 0.3 is 0 Å². The number of halogens is 1. The van der Waals surface area contributed by atoms with Crippen LogP contribution in [0, 0.1) is 10.1 Å². The molecule has 2 aromatic rings. The minimum absolute atomic E-state index is 0.00615. The third-order valence-corrected chi connectivity index (χ3v) is 3.26. The molecule has 21 heavy (non-hydrogen) atoms. The van der Waals surface area contributed by atoms with Crippen LogP contribution in [-0.2, 0) is 0 Å². The summed E-state index contributed by atoms with van der Waals surface area (Å²) < 4.78 is 5.67. The van der Waals surface area contributed by atoms with Crippen molar-refractivity contribution in [1.29, 1.82) is 0 Å². The van der Waals surface area contributed by atoms with Crippen molar-refractivity contribution in [3.63, 3.8) is 0 Å². The van der Waals surface area contributed by atoms with Gasteiger partial charge in [-0.25, -0.2) is 4.98 Å². The third-order valence-electron chi connectivity index (χ3n) is 2.77. The smallest absolute Gasteiger partial charge is 0.279 e. The molecule has 0 atom stereocenters. The van der Waals surface area contributed by atoms with Crippen molar-refractivity contribution in [2.45, 2.75) is 6.92 Å². The molecule has 0 amide bonds. The topological polar surface area (TPSA) is 77.6 Å². The van der Waals surface area contributed by atoms with E-state index in [9.17, 15) is 10.1 Å². The average Bonchev–Trinajstić information content (AvgIpc) is 2.47. The average molecular weight is 350 g/mol. The number of nitro benzene ring substituents is 1. The van der Waals surface area contributed by atoms with E-state index in [2.05, 4.69) is 25.9 Å². The second-order valence-electron chi connectivity index (χ2n) is 4.17. The van der Waals surface area contributed by atoms with Crippen molar-refractivity contribution < 1.29 is 9.66 Å². The molecule has 2 rings (SSSR count). The Kier molecular flexibility index (Phi) is 4.64. The Morgan fingerprint density at radius 1 is 1.38 bits per heavy atom. The third kappa shape index (κ3) is 3.63. The van der Waals surface area contributed by atoms with Gasteiger partial charge < -0.3 is 4.74 Å². The maximum absolute atomic E-state index is 11.1. The minimum atomic E-state index is -0.424. The molecule has 6 nitrogen and oxygen atoms in total. The highest BCUT2D eigenvalue weighted by Crippen LogP contribution is 2.26. The number of aromatic nitrogens is 1. The Morgan fingerprint density at radius 3 is 2.81 bits per heavy atom. The van der Waals surface area contributed by atoms with Crippen LogP contribution in [0.15, 0.2) is 46.0 Å². The number of pyridine rings is 1. The molecule has 0 radical (unpaired) electrons. The van der Waals surface area contributed by atoms with Gasteiger partial charge in [-0.15, -0.1) is 0 Å². The first-order valence-corrected chi connectivity index (χ1v) is 6.80. The van der Waals surface area contributed by atoms with Crippen LogP contribution in [0.1, 0.15) is 12.5 Å².